The van der Waals surface area contributed by atoms with Crippen LogP contribution in [0.1, 0.15) is 147 Å². The third-order valence-electron chi connectivity index (χ3n) is 19.1. The number of nitrogens with one attached hydrogen (secondary N) is 8. The molecule has 4 aromatic carbocycles. The zero-order chi connectivity index (χ0) is 66.0. The molecule has 8 N–H and O–H groups in total. The number of ether oxygens (including phenoxy) is 4. The molecule has 8 bridgehead atoms. The third kappa shape index (κ3) is 17.8. The van der Waals surface area contributed by atoms with Crippen molar-refractivity contribution in [2.45, 2.75) is 146 Å². The van der Waals surface area contributed by atoms with Crippen molar-refractivity contribution in [3.05, 3.63) is 151 Å². The summed E-state index contributed by atoms with van der Waals surface area (Å²) in [6, 6.07) is 31.8. The summed E-state index contributed by atoms with van der Waals surface area (Å²) < 4.78 is 57.9. The quantitative estimate of drug-likeness (QED) is 0.0397. The van der Waals surface area contributed by atoms with Crippen molar-refractivity contribution in [1.29, 1.82) is 0 Å². The highest BCUT2D eigenvalue weighted by Crippen LogP contribution is 2.57. The minimum Gasteiger partial charge on any atom is -0.490 e. The molecule has 15 rings (SSSR count). The number of ketones is 1. The highest BCUT2D eigenvalue weighted by Gasteiger charge is 2.53. The Hall–Kier alpha value is -9.41. The molecule has 9 saturated carbocycles. The minimum absolute atomic E-state index is 0.00822. The number of carbonyl (C=O) groups excluding carboxylic acids is 6. The van der Waals surface area contributed by atoms with Crippen LogP contribution < -0.4 is 61.5 Å². The lowest BCUT2D eigenvalue weighted by Crippen LogP contribution is -2.62. The number of amides is 8. The maximum absolute atomic E-state index is 12.8. The molecule has 0 radical (unpaired) electrons. The Labute approximate surface area is 544 Å². The molecular formula is C71H81F3N10O10. The molecule has 20 nitrogen and oxygen atoms in total. The number of urea groups is 3. The van der Waals surface area contributed by atoms with Crippen LogP contribution in [-0.4, -0.2) is 89.3 Å². The van der Waals surface area contributed by atoms with E-state index in [0.717, 1.165) is 110 Å². The standard InChI is InChI=1S/C26H36N2O3.C24H28N4O3.C21H17F3N4O4/c1-2-24(29)20-3-7-22(8-4-20)31-23-9-5-21(6-10-23)27-25(30)28-26-14-17-11-18(15-26)13-19(12-17)16-26;1-25-22(29)21-11-20(6-7-26-21)31-19-4-2-18(3-5-19)27-23(30)28-24-12-15-8-16(13-24)10-17(9-15)14-24;1-25-19(29)18-12-17(10-11-26-18)31-15-6-2-13(3-7-15)27-20(30)28-14-4-8-16(9-5-14)32-21(22,23)24/h3-4,7-8,17-19,21,23H,2,5-6,9-16H2,1H3,(H2,27,28,30);2-7,11,15-17H,8-10,12-14H2,1H3,(H,25,29)(H2,27,28,30);2-12H,1H3,(H,25,29)(H2,27,28,30). The van der Waals surface area contributed by atoms with E-state index in [0.29, 0.717) is 40.8 Å². The van der Waals surface area contributed by atoms with Crippen LogP contribution in [0.25, 0.3) is 0 Å². The van der Waals surface area contributed by atoms with Gasteiger partial charge >= 0.3 is 24.5 Å². The number of nitrogens with zero attached hydrogens (tertiary/aromatic N) is 2. The Kier molecular flexibility index (Phi) is 20.6. The fourth-order valence-electron chi connectivity index (χ4n) is 15.8. The van der Waals surface area contributed by atoms with Gasteiger partial charge in [0, 0.05) is 84.8 Å². The Bertz CT molecular complexity index is 3570. The van der Waals surface area contributed by atoms with E-state index >= 15 is 0 Å². The molecule has 9 aliphatic rings. The Morgan fingerprint density at radius 3 is 1.26 bits per heavy atom. The number of hydrogen-bond acceptors (Lipinski definition) is 12. The van der Waals surface area contributed by atoms with E-state index in [4.69, 9.17) is 14.2 Å². The maximum Gasteiger partial charge on any atom is 0.573 e. The topological polar surface area (TPSA) is 261 Å². The number of hydrogen-bond donors (Lipinski definition) is 8. The fraction of sp³-hybridized carbons (Fsp3) is 0.437. The number of carbonyl (C=O) groups is 6. The molecule has 496 valence electrons. The molecule has 0 aliphatic heterocycles. The second-order valence-electron chi connectivity index (χ2n) is 26.3. The largest absolute Gasteiger partial charge is 0.573 e. The van der Waals surface area contributed by atoms with Crippen LogP contribution in [0.2, 0.25) is 0 Å². The molecule has 0 unspecified atom stereocenters. The first-order valence-electron chi connectivity index (χ1n) is 32.6. The van der Waals surface area contributed by atoms with Gasteiger partial charge in [0.05, 0.1) is 6.10 Å². The predicted octanol–water partition coefficient (Wildman–Crippen LogP) is 14.3. The first kappa shape index (κ1) is 66.1. The number of alkyl halides is 3. The van der Waals surface area contributed by atoms with Crippen LogP contribution in [0.15, 0.2) is 134 Å². The van der Waals surface area contributed by atoms with Crippen LogP contribution in [0.4, 0.5) is 44.6 Å². The number of rotatable bonds is 17. The van der Waals surface area contributed by atoms with E-state index < -0.39 is 18.1 Å². The molecule has 2 aromatic heterocycles. The van der Waals surface area contributed by atoms with Crippen molar-refractivity contribution in [1.82, 2.24) is 36.6 Å². The maximum atomic E-state index is 12.8. The first-order valence-corrected chi connectivity index (χ1v) is 32.6. The summed E-state index contributed by atoms with van der Waals surface area (Å²) in [7, 11) is 3.05. The van der Waals surface area contributed by atoms with Crippen molar-refractivity contribution < 1.29 is 60.9 Å². The van der Waals surface area contributed by atoms with Gasteiger partial charge in [0.2, 0.25) is 0 Å². The zero-order valence-corrected chi connectivity index (χ0v) is 53.0. The number of anilines is 3. The number of aromatic nitrogens is 2. The van der Waals surface area contributed by atoms with Crippen molar-refractivity contribution in [3.8, 4) is 34.5 Å². The fourth-order valence-corrected chi connectivity index (χ4v) is 15.8. The van der Waals surface area contributed by atoms with Gasteiger partial charge in [0.15, 0.2) is 5.78 Å². The smallest absolute Gasteiger partial charge is 0.490 e. The SMILES string of the molecule is CCC(=O)c1ccc(OC2CCC(NC(=O)NC34CC5CC(CC(C5)C3)C4)CC2)cc1.CNC(=O)c1cc(Oc2ccc(NC(=O)NC34CC5CC(CC(C5)C3)C4)cc2)ccn1.CNC(=O)c1cc(Oc2ccc(NC(=O)Nc3ccc(OC(F)(F)F)cc3)cc2)ccn1. The summed E-state index contributed by atoms with van der Waals surface area (Å²) >= 11 is 0. The molecule has 9 fully saturated rings. The summed E-state index contributed by atoms with van der Waals surface area (Å²) in [4.78, 5) is 80.7. The predicted molar refractivity (Wildman–Crippen MR) is 347 cm³/mol. The van der Waals surface area contributed by atoms with Crippen LogP contribution in [0, 0.1) is 35.5 Å². The van der Waals surface area contributed by atoms with E-state index in [1.54, 1.807) is 61.6 Å². The van der Waals surface area contributed by atoms with E-state index in [1.165, 1.54) is 95.4 Å². The van der Waals surface area contributed by atoms with Gasteiger partial charge in [-0.25, -0.2) is 14.4 Å². The molecule has 0 saturated heterocycles. The Morgan fingerprint density at radius 1 is 0.479 bits per heavy atom. The van der Waals surface area contributed by atoms with Gasteiger partial charge in [0.1, 0.15) is 45.9 Å². The van der Waals surface area contributed by atoms with E-state index in [-0.39, 0.29) is 64.3 Å². The lowest BCUT2D eigenvalue weighted by Gasteiger charge is -2.56. The first-order chi connectivity index (χ1) is 45.2. The lowest BCUT2D eigenvalue weighted by molar-refractivity contribution is -0.274. The minimum atomic E-state index is -4.79. The van der Waals surface area contributed by atoms with Crippen LogP contribution in [0.5, 0.6) is 34.5 Å². The Morgan fingerprint density at radius 2 is 0.862 bits per heavy atom. The van der Waals surface area contributed by atoms with Gasteiger partial charge < -0.3 is 61.5 Å². The van der Waals surface area contributed by atoms with Crippen molar-refractivity contribution in [2.24, 2.45) is 35.5 Å². The highest BCUT2D eigenvalue weighted by atomic mass is 19.4. The summed E-state index contributed by atoms with van der Waals surface area (Å²) in [5.41, 5.74) is 2.76. The van der Waals surface area contributed by atoms with Gasteiger partial charge in [-0.3, -0.25) is 24.4 Å². The van der Waals surface area contributed by atoms with Crippen LogP contribution in [-0.2, 0) is 0 Å². The van der Waals surface area contributed by atoms with Crippen molar-refractivity contribution >= 4 is 52.8 Å². The van der Waals surface area contributed by atoms with E-state index in [2.05, 4.69) is 57.2 Å². The van der Waals surface area contributed by atoms with Gasteiger partial charge in [-0.05, 0) is 247 Å². The molecule has 0 atom stereocenters. The van der Waals surface area contributed by atoms with Gasteiger partial charge in [0.25, 0.3) is 11.8 Å². The number of halogens is 3. The highest BCUT2D eigenvalue weighted by molar-refractivity contribution is 6.00. The van der Waals surface area contributed by atoms with Crippen LogP contribution in [0.3, 0.4) is 0 Å². The van der Waals surface area contributed by atoms with Gasteiger partial charge in [-0.2, -0.15) is 0 Å². The summed E-state index contributed by atoms with van der Waals surface area (Å²) in [5, 5.41) is 23.1. The van der Waals surface area contributed by atoms with Gasteiger partial charge in [-0.1, -0.05) is 6.92 Å². The summed E-state index contributed by atoms with van der Waals surface area (Å²) in [5.74, 6) is 6.88. The van der Waals surface area contributed by atoms with E-state index in [1.807, 2.05) is 43.3 Å². The second-order valence-corrected chi connectivity index (χ2v) is 26.3. The second kappa shape index (κ2) is 29.3. The average Bonchev–Trinajstić information content (AvgIpc) is 0.760. The molecule has 0 spiro atoms. The summed E-state index contributed by atoms with van der Waals surface area (Å²) in [6.07, 6.45) is 17.9. The lowest BCUT2D eigenvalue weighted by atomic mass is 9.53. The Balaban J connectivity index is 0.000000144. The molecule has 6 aromatic rings. The molecule has 23 heteroatoms. The number of benzene rings is 4. The number of Topliss-reactive ketones (excluding diaryl/α,β-unsaturated/α-hetero) is 1. The molecular weight excluding hydrogens is 1210 g/mol. The normalized spacial score (nSPS) is 24.8. The molecule has 8 amide bonds. The van der Waals surface area contributed by atoms with Crippen molar-refractivity contribution in [3.63, 3.8) is 0 Å². The zero-order valence-electron chi connectivity index (χ0n) is 53.0. The molecule has 9 aliphatic carbocycles. The average molecular weight is 1290 g/mol. The van der Waals surface area contributed by atoms with Crippen molar-refractivity contribution in [2.75, 3.05) is 30.0 Å². The summed E-state index contributed by atoms with van der Waals surface area (Å²) in [6.45, 7) is 1.88. The molecule has 94 heavy (non-hydrogen) atoms. The number of pyridine rings is 2. The van der Waals surface area contributed by atoms with Crippen LogP contribution >= 0.6 is 0 Å². The van der Waals surface area contributed by atoms with Gasteiger partial charge in [-0.15, -0.1) is 13.2 Å². The third-order valence-corrected chi connectivity index (χ3v) is 19.1. The molecule has 2 heterocycles. The monoisotopic (exact) mass is 1290 g/mol. The van der Waals surface area contributed by atoms with E-state index in [9.17, 15) is 41.9 Å².